The first-order chi connectivity index (χ1) is 8.75. The van der Waals surface area contributed by atoms with Crippen LogP contribution in [0, 0.1) is 0 Å². The smallest absolute Gasteiger partial charge is 0.195 e. The maximum Gasteiger partial charge on any atom is 0.195 e. The van der Waals surface area contributed by atoms with E-state index in [1.807, 2.05) is 12.1 Å². The average Bonchev–Trinajstić information content (AvgIpc) is 2.82. The first-order valence-electron chi connectivity index (χ1n) is 5.48. The first kappa shape index (κ1) is 11.0. The van der Waals surface area contributed by atoms with Gasteiger partial charge < -0.3 is 4.98 Å². The molecule has 0 spiro atoms. The predicted octanol–water partition coefficient (Wildman–Crippen LogP) is 3.45. The molecule has 0 bridgehead atoms. The summed E-state index contributed by atoms with van der Waals surface area (Å²) in [4.78, 5) is 19.5. The number of halogens is 1. The number of hydrogen-bond acceptors (Lipinski definition) is 2. The van der Waals surface area contributed by atoms with Crippen LogP contribution in [0.25, 0.3) is 11.0 Å². The molecule has 0 aliphatic rings. The summed E-state index contributed by atoms with van der Waals surface area (Å²) < 4.78 is 0. The number of ketones is 1. The summed E-state index contributed by atoms with van der Waals surface area (Å²) in [5, 5.41) is 1.38. The lowest BCUT2D eigenvalue weighted by molar-refractivity contribution is 0.104. The molecule has 0 aliphatic heterocycles. The zero-order valence-electron chi connectivity index (χ0n) is 9.35. The Bertz CT molecular complexity index is 733. The minimum absolute atomic E-state index is 0.0586. The minimum atomic E-state index is -0.0586. The van der Waals surface area contributed by atoms with Crippen LogP contribution in [0.1, 0.15) is 15.9 Å². The predicted molar refractivity (Wildman–Crippen MR) is 71.0 cm³/mol. The molecule has 0 saturated carbocycles. The summed E-state index contributed by atoms with van der Waals surface area (Å²) in [6.07, 6.45) is 3.37. The Morgan fingerprint density at radius 2 is 2.11 bits per heavy atom. The average molecular weight is 257 g/mol. The van der Waals surface area contributed by atoms with Crippen LogP contribution >= 0.6 is 11.6 Å². The van der Waals surface area contributed by atoms with Crippen molar-refractivity contribution < 1.29 is 4.79 Å². The Morgan fingerprint density at radius 3 is 2.94 bits per heavy atom. The van der Waals surface area contributed by atoms with E-state index >= 15 is 0 Å². The molecule has 88 valence electrons. The molecule has 3 aromatic rings. The molecular weight excluding hydrogens is 248 g/mol. The second-order valence-corrected chi connectivity index (χ2v) is 4.38. The van der Waals surface area contributed by atoms with Gasteiger partial charge in [0.1, 0.15) is 5.65 Å². The number of pyridine rings is 1. The molecule has 3 nitrogen and oxygen atoms in total. The van der Waals surface area contributed by atoms with Crippen LogP contribution in [0.3, 0.4) is 0 Å². The van der Waals surface area contributed by atoms with E-state index in [-0.39, 0.29) is 5.78 Å². The van der Waals surface area contributed by atoms with Gasteiger partial charge >= 0.3 is 0 Å². The van der Waals surface area contributed by atoms with Gasteiger partial charge in [-0.2, -0.15) is 0 Å². The quantitative estimate of drug-likeness (QED) is 0.714. The number of rotatable bonds is 2. The summed E-state index contributed by atoms with van der Waals surface area (Å²) in [5.74, 6) is -0.0586. The Morgan fingerprint density at radius 1 is 1.22 bits per heavy atom. The largest absolute Gasteiger partial charge is 0.345 e. The maximum absolute atomic E-state index is 12.4. The molecule has 0 aliphatic carbocycles. The van der Waals surface area contributed by atoms with E-state index in [1.54, 1.807) is 36.7 Å². The van der Waals surface area contributed by atoms with Crippen molar-refractivity contribution in [3.63, 3.8) is 0 Å². The number of fused-ring (bicyclic) bond motifs is 1. The fourth-order valence-corrected chi connectivity index (χ4v) is 2.12. The molecule has 18 heavy (non-hydrogen) atoms. The van der Waals surface area contributed by atoms with Crippen molar-refractivity contribution in [1.29, 1.82) is 0 Å². The highest BCUT2D eigenvalue weighted by Crippen LogP contribution is 2.20. The molecule has 0 amide bonds. The number of H-pyrrole nitrogens is 1. The topological polar surface area (TPSA) is 45.8 Å². The summed E-state index contributed by atoms with van der Waals surface area (Å²) in [5.41, 5.74) is 1.90. The van der Waals surface area contributed by atoms with E-state index in [1.165, 1.54) is 0 Å². The lowest BCUT2D eigenvalue weighted by atomic mass is 10.0. The van der Waals surface area contributed by atoms with Gasteiger partial charge in [-0.15, -0.1) is 0 Å². The molecule has 0 radical (unpaired) electrons. The number of carbonyl (C=O) groups is 1. The molecule has 0 atom stereocenters. The van der Waals surface area contributed by atoms with E-state index in [9.17, 15) is 4.79 Å². The van der Waals surface area contributed by atoms with E-state index in [4.69, 9.17) is 11.6 Å². The molecule has 0 unspecified atom stereocenters. The van der Waals surface area contributed by atoms with Crippen LogP contribution in [-0.4, -0.2) is 15.8 Å². The number of aromatic amines is 1. The minimum Gasteiger partial charge on any atom is -0.345 e. The third-order valence-corrected chi connectivity index (χ3v) is 3.02. The lowest BCUT2D eigenvalue weighted by Gasteiger charge is -2.00. The number of benzene rings is 1. The van der Waals surface area contributed by atoms with Crippen LogP contribution in [0.15, 0.2) is 48.8 Å². The lowest BCUT2D eigenvalue weighted by Crippen LogP contribution is -1.99. The van der Waals surface area contributed by atoms with Crippen LogP contribution in [0.4, 0.5) is 0 Å². The summed E-state index contributed by atoms with van der Waals surface area (Å²) in [6, 6.07) is 10.6. The fraction of sp³-hybridized carbons (Fsp3) is 0. The first-order valence-corrected chi connectivity index (χ1v) is 5.86. The Kier molecular flexibility index (Phi) is 2.61. The number of aromatic nitrogens is 2. The molecule has 4 heteroatoms. The monoisotopic (exact) mass is 256 g/mol. The van der Waals surface area contributed by atoms with Gasteiger partial charge in [0, 0.05) is 33.9 Å². The van der Waals surface area contributed by atoms with E-state index in [0.29, 0.717) is 21.8 Å². The molecule has 0 fully saturated rings. The summed E-state index contributed by atoms with van der Waals surface area (Å²) >= 11 is 5.90. The Balaban J connectivity index is 2.12. The Hall–Kier alpha value is -2.13. The van der Waals surface area contributed by atoms with Crippen molar-refractivity contribution in [3.8, 4) is 0 Å². The highest BCUT2D eigenvalue weighted by atomic mass is 35.5. The number of nitrogens with zero attached hydrogens (tertiary/aromatic N) is 1. The molecular formula is C14H9ClN2O. The molecule has 2 heterocycles. The zero-order chi connectivity index (χ0) is 12.5. The Labute approximate surface area is 108 Å². The van der Waals surface area contributed by atoms with Crippen molar-refractivity contribution in [3.05, 3.63) is 64.9 Å². The van der Waals surface area contributed by atoms with Gasteiger partial charge in [0.2, 0.25) is 0 Å². The summed E-state index contributed by atoms with van der Waals surface area (Å²) in [7, 11) is 0. The molecule has 3 rings (SSSR count). The van der Waals surface area contributed by atoms with Crippen LogP contribution in [0.5, 0.6) is 0 Å². The molecule has 0 saturated heterocycles. The fourth-order valence-electron chi connectivity index (χ4n) is 1.93. The van der Waals surface area contributed by atoms with E-state index < -0.39 is 0 Å². The highest BCUT2D eigenvalue weighted by Gasteiger charge is 2.14. The molecule has 1 aromatic carbocycles. The second kappa shape index (κ2) is 4.27. The van der Waals surface area contributed by atoms with Crippen LogP contribution in [0.2, 0.25) is 5.02 Å². The molecule has 2 aromatic heterocycles. The van der Waals surface area contributed by atoms with E-state index in [2.05, 4.69) is 9.97 Å². The number of carbonyl (C=O) groups excluding carboxylic acids is 1. The van der Waals surface area contributed by atoms with Crippen molar-refractivity contribution >= 4 is 28.4 Å². The van der Waals surface area contributed by atoms with Gasteiger partial charge in [0.05, 0.1) is 0 Å². The molecule has 1 N–H and O–H groups in total. The SMILES string of the molecule is O=C(c1cccc(Cl)c1)c1c[nH]c2ncccc12. The third-order valence-electron chi connectivity index (χ3n) is 2.78. The van der Waals surface area contributed by atoms with Crippen molar-refractivity contribution in [2.45, 2.75) is 0 Å². The van der Waals surface area contributed by atoms with Crippen LogP contribution in [-0.2, 0) is 0 Å². The van der Waals surface area contributed by atoms with Gasteiger partial charge in [-0.25, -0.2) is 4.98 Å². The second-order valence-electron chi connectivity index (χ2n) is 3.94. The standard InChI is InChI=1S/C14H9ClN2O/c15-10-4-1-3-9(7-10)13(18)12-8-17-14-11(12)5-2-6-16-14/h1-8H,(H,16,17). The van der Waals surface area contributed by atoms with Crippen molar-refractivity contribution in [1.82, 2.24) is 9.97 Å². The van der Waals surface area contributed by atoms with Crippen molar-refractivity contribution in [2.75, 3.05) is 0 Å². The van der Waals surface area contributed by atoms with Gasteiger partial charge in [-0.1, -0.05) is 23.7 Å². The van der Waals surface area contributed by atoms with Gasteiger partial charge in [-0.3, -0.25) is 4.79 Å². The van der Waals surface area contributed by atoms with Gasteiger partial charge in [0.15, 0.2) is 5.78 Å². The number of nitrogens with one attached hydrogen (secondary N) is 1. The van der Waals surface area contributed by atoms with E-state index in [0.717, 1.165) is 5.39 Å². The maximum atomic E-state index is 12.4. The van der Waals surface area contributed by atoms with Crippen molar-refractivity contribution in [2.24, 2.45) is 0 Å². The number of hydrogen-bond donors (Lipinski definition) is 1. The van der Waals surface area contributed by atoms with Gasteiger partial charge in [-0.05, 0) is 24.3 Å². The summed E-state index contributed by atoms with van der Waals surface area (Å²) in [6.45, 7) is 0. The highest BCUT2D eigenvalue weighted by molar-refractivity contribution is 6.31. The van der Waals surface area contributed by atoms with Gasteiger partial charge in [0.25, 0.3) is 0 Å². The zero-order valence-corrected chi connectivity index (χ0v) is 10.1. The van der Waals surface area contributed by atoms with Crippen LogP contribution < -0.4 is 0 Å². The normalized spacial score (nSPS) is 10.7. The third kappa shape index (κ3) is 1.79.